The number of halogens is 6. The van der Waals surface area contributed by atoms with Gasteiger partial charge in [-0.2, -0.15) is 26.3 Å². The lowest BCUT2D eigenvalue weighted by atomic mass is 9.97. The molecule has 0 spiro atoms. The van der Waals surface area contributed by atoms with E-state index >= 15 is 0 Å². The second-order valence-corrected chi connectivity index (χ2v) is 9.16. The van der Waals surface area contributed by atoms with E-state index in [1.54, 1.807) is 57.2 Å². The number of alkyl carbamates (subject to hydrolysis) is 1. The van der Waals surface area contributed by atoms with Gasteiger partial charge in [0.15, 0.2) is 0 Å². The summed E-state index contributed by atoms with van der Waals surface area (Å²) in [5, 5.41) is 2.73. The summed E-state index contributed by atoms with van der Waals surface area (Å²) in [5.74, 6) is 0. The number of ether oxygens (including phenoxy) is 2. The molecular weight excluding hydrogens is 488 g/mol. The molecule has 2 aromatic carbocycles. The van der Waals surface area contributed by atoms with E-state index in [1.165, 1.54) is 0 Å². The molecule has 0 heterocycles. The van der Waals surface area contributed by atoms with Gasteiger partial charge in [0.2, 0.25) is 0 Å². The summed E-state index contributed by atoms with van der Waals surface area (Å²) in [7, 11) is 0. The summed E-state index contributed by atoms with van der Waals surface area (Å²) in [5.41, 5.74) is -3.33. The molecule has 0 aliphatic carbocycles. The van der Waals surface area contributed by atoms with Crippen LogP contribution in [0.15, 0.2) is 61.2 Å². The van der Waals surface area contributed by atoms with Crippen LogP contribution in [0, 0.1) is 0 Å². The van der Waals surface area contributed by atoms with E-state index in [2.05, 4.69) is 11.9 Å². The molecule has 0 aliphatic heterocycles. The van der Waals surface area contributed by atoms with Crippen molar-refractivity contribution in [2.24, 2.45) is 0 Å². The van der Waals surface area contributed by atoms with Crippen LogP contribution in [0.5, 0.6) is 0 Å². The highest BCUT2D eigenvalue weighted by atomic mass is 19.4. The third-order valence-electron chi connectivity index (χ3n) is 4.97. The van der Waals surface area contributed by atoms with Gasteiger partial charge in [-0.3, -0.25) is 0 Å². The van der Waals surface area contributed by atoms with E-state index in [9.17, 15) is 31.1 Å². The Balaban J connectivity index is 2.39. The maximum absolute atomic E-state index is 13.2. The molecule has 0 fully saturated rings. The van der Waals surface area contributed by atoms with Crippen molar-refractivity contribution in [2.75, 3.05) is 0 Å². The molecule has 1 amide bonds. The van der Waals surface area contributed by atoms with Crippen LogP contribution >= 0.6 is 0 Å². The van der Waals surface area contributed by atoms with Gasteiger partial charge in [0.1, 0.15) is 5.60 Å². The molecule has 0 saturated heterocycles. The Kier molecular flexibility index (Phi) is 9.59. The molecule has 0 bridgehead atoms. The minimum Gasteiger partial charge on any atom is -0.444 e. The van der Waals surface area contributed by atoms with Crippen LogP contribution in [0.1, 0.15) is 61.9 Å². The lowest BCUT2D eigenvalue weighted by Crippen LogP contribution is -2.40. The Morgan fingerprint density at radius 1 is 0.972 bits per heavy atom. The Labute approximate surface area is 206 Å². The minimum atomic E-state index is -4.97. The summed E-state index contributed by atoms with van der Waals surface area (Å²) < 4.78 is 90.7. The van der Waals surface area contributed by atoms with Crippen molar-refractivity contribution >= 4 is 6.09 Å². The molecular formula is C26H29F6NO3. The van der Waals surface area contributed by atoms with E-state index in [4.69, 9.17) is 9.47 Å². The molecule has 0 radical (unpaired) electrons. The Morgan fingerprint density at radius 2 is 1.53 bits per heavy atom. The van der Waals surface area contributed by atoms with E-state index < -0.39 is 53.9 Å². The van der Waals surface area contributed by atoms with E-state index in [0.717, 1.165) is 0 Å². The fourth-order valence-electron chi connectivity index (χ4n) is 3.42. The summed E-state index contributed by atoms with van der Waals surface area (Å²) >= 11 is 0. The van der Waals surface area contributed by atoms with Crippen molar-refractivity contribution < 1.29 is 40.6 Å². The molecule has 198 valence electrons. The van der Waals surface area contributed by atoms with Crippen LogP contribution < -0.4 is 5.32 Å². The third-order valence-corrected chi connectivity index (χ3v) is 4.97. The number of carbonyl (C=O) groups excluding carboxylic acids is 1. The predicted octanol–water partition coefficient (Wildman–Crippen LogP) is 7.84. The number of benzene rings is 2. The summed E-state index contributed by atoms with van der Waals surface area (Å²) in [6, 6.07) is 9.17. The van der Waals surface area contributed by atoms with E-state index in [1.807, 2.05) is 0 Å². The van der Waals surface area contributed by atoms with Gasteiger partial charge < -0.3 is 14.8 Å². The number of hydrogen-bond donors (Lipinski definition) is 1. The predicted molar refractivity (Wildman–Crippen MR) is 123 cm³/mol. The quantitative estimate of drug-likeness (QED) is 0.272. The molecule has 2 aromatic rings. The first kappa shape index (κ1) is 29.2. The topological polar surface area (TPSA) is 47.6 Å². The average Bonchev–Trinajstić information content (AvgIpc) is 2.76. The first-order valence-corrected chi connectivity index (χ1v) is 11.2. The molecule has 0 aromatic heterocycles. The highest BCUT2D eigenvalue weighted by molar-refractivity contribution is 5.68. The molecule has 0 aliphatic rings. The number of hydrogen-bond acceptors (Lipinski definition) is 3. The normalized spacial score (nSPS) is 14.1. The zero-order valence-corrected chi connectivity index (χ0v) is 20.2. The summed E-state index contributed by atoms with van der Waals surface area (Å²) in [6.45, 7) is 8.15. The van der Waals surface area contributed by atoms with Crippen LogP contribution in [0.4, 0.5) is 31.1 Å². The number of allylic oxidation sites excluding steroid dienone is 1. The maximum atomic E-state index is 13.2. The van der Waals surface area contributed by atoms with Crippen LogP contribution in [0.3, 0.4) is 0 Å². The molecule has 1 N–H and O–H groups in total. The largest absolute Gasteiger partial charge is 0.444 e. The summed E-state index contributed by atoms with van der Waals surface area (Å²) in [6.07, 6.45) is -9.21. The molecule has 2 unspecified atom stereocenters. The average molecular weight is 518 g/mol. The van der Waals surface area contributed by atoms with Crippen LogP contribution in [0.2, 0.25) is 0 Å². The lowest BCUT2D eigenvalue weighted by Gasteiger charge is -2.30. The second-order valence-electron chi connectivity index (χ2n) is 9.16. The standard InChI is InChI=1S/C26H29F6NO3/c1-5-6-12-21(22(18-10-8-7-9-11-18)33-23(34)36-24(2,3)4)35-16-17-13-19(25(27,28)29)15-20(14-17)26(30,31)32/h5,7-11,13-15,21-22H,1,6,12,16H2,2-4H3,(H,33,34). The first-order valence-electron chi connectivity index (χ1n) is 11.2. The zero-order chi connectivity index (χ0) is 27.1. The number of nitrogens with one attached hydrogen (secondary N) is 1. The van der Waals surface area contributed by atoms with Gasteiger partial charge >= 0.3 is 18.4 Å². The SMILES string of the molecule is C=CCCC(OCc1cc(C(F)(F)F)cc(C(F)(F)F)c1)C(NC(=O)OC(C)(C)C)c1ccccc1. The molecule has 4 nitrogen and oxygen atoms in total. The van der Waals surface area contributed by atoms with Crippen molar-refractivity contribution in [1.82, 2.24) is 5.32 Å². The lowest BCUT2D eigenvalue weighted by molar-refractivity contribution is -0.143. The van der Waals surface area contributed by atoms with Gasteiger partial charge in [0.25, 0.3) is 0 Å². The van der Waals surface area contributed by atoms with Crippen molar-refractivity contribution in [1.29, 1.82) is 0 Å². The van der Waals surface area contributed by atoms with Crippen molar-refractivity contribution in [2.45, 2.75) is 70.3 Å². The van der Waals surface area contributed by atoms with Crippen LogP contribution in [-0.2, 0) is 28.4 Å². The first-order chi connectivity index (χ1) is 16.6. The Hall–Kier alpha value is -3.01. The van der Waals surface area contributed by atoms with Crippen molar-refractivity contribution in [3.05, 3.63) is 83.4 Å². The highest BCUT2D eigenvalue weighted by Crippen LogP contribution is 2.37. The van der Waals surface area contributed by atoms with Crippen molar-refractivity contribution in [3.63, 3.8) is 0 Å². The van der Waals surface area contributed by atoms with Gasteiger partial charge in [0, 0.05) is 0 Å². The van der Waals surface area contributed by atoms with Gasteiger partial charge in [-0.15, -0.1) is 6.58 Å². The highest BCUT2D eigenvalue weighted by Gasteiger charge is 2.37. The number of rotatable bonds is 9. The van der Waals surface area contributed by atoms with Gasteiger partial charge in [-0.25, -0.2) is 4.79 Å². The summed E-state index contributed by atoms with van der Waals surface area (Å²) in [4.78, 5) is 12.5. The molecule has 36 heavy (non-hydrogen) atoms. The van der Waals surface area contributed by atoms with Gasteiger partial charge in [-0.05, 0) is 62.9 Å². The number of carbonyl (C=O) groups is 1. The zero-order valence-electron chi connectivity index (χ0n) is 20.2. The molecule has 2 atom stereocenters. The fraction of sp³-hybridized carbons (Fsp3) is 0.423. The second kappa shape index (κ2) is 11.8. The molecule has 10 heteroatoms. The maximum Gasteiger partial charge on any atom is 0.416 e. The minimum absolute atomic E-state index is 0.0650. The molecule has 0 saturated carbocycles. The number of alkyl halides is 6. The Morgan fingerprint density at radius 3 is 2.00 bits per heavy atom. The van der Waals surface area contributed by atoms with E-state index in [0.29, 0.717) is 24.1 Å². The van der Waals surface area contributed by atoms with Crippen molar-refractivity contribution in [3.8, 4) is 0 Å². The van der Waals surface area contributed by atoms with Crippen LogP contribution in [0.25, 0.3) is 0 Å². The van der Waals surface area contributed by atoms with Gasteiger partial charge in [0.05, 0.1) is 29.9 Å². The monoisotopic (exact) mass is 517 g/mol. The third kappa shape index (κ3) is 9.22. The molecule has 2 rings (SSSR count). The van der Waals surface area contributed by atoms with E-state index in [-0.39, 0.29) is 18.1 Å². The van der Waals surface area contributed by atoms with Gasteiger partial charge in [-0.1, -0.05) is 36.4 Å². The smallest absolute Gasteiger partial charge is 0.416 e. The van der Waals surface area contributed by atoms with Crippen LogP contribution in [-0.4, -0.2) is 17.8 Å². The Bertz CT molecular complexity index is 981. The fourth-order valence-corrected chi connectivity index (χ4v) is 3.42. The number of amides is 1.